The normalized spacial score (nSPS) is 13.6. The first-order valence-corrected chi connectivity index (χ1v) is 6.90. The molecule has 0 spiro atoms. The van der Waals surface area contributed by atoms with Crippen molar-refractivity contribution < 1.29 is 23.1 Å². The Bertz CT molecular complexity index is 815. The zero-order valence-electron chi connectivity index (χ0n) is 12.2. The molecule has 1 heterocycles. The Kier molecular flexibility index (Phi) is 4.19. The van der Waals surface area contributed by atoms with Crippen LogP contribution in [0.1, 0.15) is 15.9 Å². The van der Waals surface area contributed by atoms with E-state index in [-0.39, 0.29) is 6.61 Å². The predicted octanol–water partition coefficient (Wildman–Crippen LogP) is 2.66. The van der Waals surface area contributed by atoms with Crippen LogP contribution in [-0.2, 0) is 4.74 Å². The fourth-order valence-electron chi connectivity index (χ4n) is 2.11. The van der Waals surface area contributed by atoms with Gasteiger partial charge in [-0.3, -0.25) is 4.79 Å². The molecule has 2 amide bonds. The van der Waals surface area contributed by atoms with Gasteiger partial charge in [0.15, 0.2) is 0 Å². The highest BCUT2D eigenvalue weighted by atomic mass is 19.1. The Morgan fingerprint density at radius 1 is 1.12 bits per heavy atom. The smallest absolute Gasteiger partial charge is 0.428 e. The van der Waals surface area contributed by atoms with E-state index in [0.29, 0.717) is 17.0 Å². The second-order valence-corrected chi connectivity index (χ2v) is 4.87. The first kappa shape index (κ1) is 15.6. The number of benzene rings is 2. The summed E-state index contributed by atoms with van der Waals surface area (Å²) in [5, 5.41) is 6.26. The van der Waals surface area contributed by atoms with E-state index < -0.39 is 29.2 Å². The highest BCUT2D eigenvalue weighted by Gasteiger charge is 2.18. The lowest BCUT2D eigenvalue weighted by Crippen LogP contribution is -2.30. The molecule has 0 bridgehead atoms. The van der Waals surface area contributed by atoms with E-state index in [0.717, 1.165) is 12.1 Å². The Morgan fingerprint density at radius 3 is 2.38 bits per heavy atom. The molecule has 0 radical (unpaired) electrons. The lowest BCUT2D eigenvalue weighted by atomic mass is 10.1. The minimum atomic E-state index is -0.937. The molecule has 3 rings (SSSR count). The molecule has 2 aromatic carbocycles. The van der Waals surface area contributed by atoms with E-state index >= 15 is 0 Å². The molecule has 0 saturated heterocycles. The fraction of sp³-hybridized carbons (Fsp3) is 0.0625. The summed E-state index contributed by atoms with van der Waals surface area (Å²) in [5.41, 5.74) is 3.07. The average molecular weight is 331 g/mol. The van der Waals surface area contributed by atoms with Crippen molar-refractivity contribution in [2.24, 2.45) is 5.10 Å². The van der Waals surface area contributed by atoms with Crippen LogP contribution in [-0.4, -0.2) is 24.3 Å². The van der Waals surface area contributed by atoms with E-state index in [1.165, 1.54) is 6.07 Å². The van der Waals surface area contributed by atoms with Crippen LogP contribution < -0.4 is 10.7 Å². The third-order valence-corrected chi connectivity index (χ3v) is 3.29. The molecule has 0 aromatic heterocycles. The summed E-state index contributed by atoms with van der Waals surface area (Å²) >= 11 is 0. The Hall–Kier alpha value is -3.29. The van der Waals surface area contributed by atoms with Crippen LogP contribution in [0.3, 0.4) is 0 Å². The summed E-state index contributed by atoms with van der Waals surface area (Å²) in [4.78, 5) is 22.9. The minimum Gasteiger partial charge on any atom is -0.442 e. The maximum Gasteiger partial charge on any atom is 0.428 e. The molecule has 0 saturated carbocycles. The third kappa shape index (κ3) is 3.22. The summed E-state index contributed by atoms with van der Waals surface area (Å²) in [7, 11) is 0. The number of rotatable bonds is 3. The number of nitrogens with one attached hydrogen (secondary N) is 2. The first-order valence-electron chi connectivity index (χ1n) is 6.90. The topological polar surface area (TPSA) is 79.8 Å². The molecule has 0 fully saturated rings. The van der Waals surface area contributed by atoms with Crippen molar-refractivity contribution >= 4 is 23.4 Å². The summed E-state index contributed by atoms with van der Waals surface area (Å²) in [5.74, 6) is -2.76. The van der Waals surface area contributed by atoms with Crippen molar-refractivity contribution in [2.75, 3.05) is 11.9 Å². The summed E-state index contributed by atoms with van der Waals surface area (Å²) in [6, 6.07) is 9.56. The van der Waals surface area contributed by atoms with Crippen LogP contribution in [0.4, 0.5) is 19.3 Å². The van der Waals surface area contributed by atoms with E-state index in [1.807, 2.05) is 0 Å². The first-order chi connectivity index (χ1) is 11.5. The predicted molar refractivity (Wildman–Crippen MR) is 81.8 cm³/mol. The Balaban J connectivity index is 1.75. The molecule has 1 aliphatic heterocycles. The van der Waals surface area contributed by atoms with E-state index in [2.05, 4.69) is 15.8 Å². The zero-order valence-corrected chi connectivity index (χ0v) is 12.2. The second kappa shape index (κ2) is 6.45. The number of nitrogens with zero attached hydrogens (tertiary/aromatic N) is 1. The number of amides is 2. The number of cyclic esters (lactones) is 1. The number of halogens is 2. The van der Waals surface area contributed by atoms with Crippen LogP contribution >= 0.6 is 0 Å². The lowest BCUT2D eigenvalue weighted by molar-refractivity contribution is 0.101. The molecule has 122 valence electrons. The second-order valence-electron chi connectivity index (χ2n) is 4.87. The van der Waals surface area contributed by atoms with Gasteiger partial charge in [0.05, 0.1) is 0 Å². The maximum atomic E-state index is 13.6. The number of hydrazone groups is 1. The van der Waals surface area contributed by atoms with Gasteiger partial charge in [0.1, 0.15) is 29.5 Å². The highest BCUT2D eigenvalue weighted by Crippen LogP contribution is 2.16. The van der Waals surface area contributed by atoms with Gasteiger partial charge in [-0.25, -0.2) is 19.0 Å². The van der Waals surface area contributed by atoms with Gasteiger partial charge < -0.3 is 10.1 Å². The number of carbonyl (C=O) groups is 2. The quantitative estimate of drug-likeness (QED) is 0.907. The van der Waals surface area contributed by atoms with Crippen LogP contribution in [0, 0.1) is 11.6 Å². The number of ether oxygens (including phenoxy) is 1. The van der Waals surface area contributed by atoms with Gasteiger partial charge in [-0.15, -0.1) is 0 Å². The monoisotopic (exact) mass is 331 g/mol. The Morgan fingerprint density at radius 2 is 1.79 bits per heavy atom. The number of hydrogen-bond donors (Lipinski definition) is 2. The molecule has 2 aromatic rings. The highest BCUT2D eigenvalue weighted by molar-refractivity contribution is 6.06. The van der Waals surface area contributed by atoms with E-state index in [9.17, 15) is 18.4 Å². The molecule has 0 aliphatic carbocycles. The van der Waals surface area contributed by atoms with Crippen molar-refractivity contribution in [2.45, 2.75) is 0 Å². The summed E-state index contributed by atoms with van der Waals surface area (Å²) in [6.45, 7) is 0.0258. The Labute approximate surface area is 135 Å². The molecule has 1 aliphatic rings. The van der Waals surface area contributed by atoms with Crippen LogP contribution in [0.5, 0.6) is 0 Å². The van der Waals surface area contributed by atoms with E-state index in [1.54, 1.807) is 24.3 Å². The number of carbonyl (C=O) groups excluding carboxylic acids is 2. The van der Waals surface area contributed by atoms with Gasteiger partial charge in [0.2, 0.25) is 0 Å². The largest absolute Gasteiger partial charge is 0.442 e. The van der Waals surface area contributed by atoms with Crippen molar-refractivity contribution in [1.29, 1.82) is 0 Å². The molecular formula is C16H11F2N3O3. The maximum absolute atomic E-state index is 13.6. The molecule has 0 unspecified atom stereocenters. The third-order valence-electron chi connectivity index (χ3n) is 3.29. The summed E-state index contributed by atoms with van der Waals surface area (Å²) in [6.07, 6.45) is -0.630. The summed E-state index contributed by atoms with van der Waals surface area (Å²) < 4.78 is 31.9. The van der Waals surface area contributed by atoms with Crippen LogP contribution in [0.15, 0.2) is 47.6 Å². The van der Waals surface area contributed by atoms with Gasteiger partial charge in [0.25, 0.3) is 5.91 Å². The minimum absolute atomic E-state index is 0.0258. The van der Waals surface area contributed by atoms with Gasteiger partial charge in [-0.05, 0) is 24.3 Å². The van der Waals surface area contributed by atoms with Gasteiger partial charge in [0, 0.05) is 11.3 Å². The fourth-order valence-corrected chi connectivity index (χ4v) is 2.11. The number of anilines is 1. The molecule has 8 heteroatoms. The number of hydrogen-bond acceptors (Lipinski definition) is 4. The molecule has 0 atom stereocenters. The molecule has 2 N–H and O–H groups in total. The van der Waals surface area contributed by atoms with Crippen molar-refractivity contribution in [3.05, 3.63) is 65.2 Å². The molecular weight excluding hydrogens is 320 g/mol. The van der Waals surface area contributed by atoms with Gasteiger partial charge in [-0.1, -0.05) is 18.2 Å². The van der Waals surface area contributed by atoms with Gasteiger partial charge in [-0.2, -0.15) is 5.10 Å². The van der Waals surface area contributed by atoms with Crippen molar-refractivity contribution in [3.63, 3.8) is 0 Å². The van der Waals surface area contributed by atoms with Gasteiger partial charge >= 0.3 is 6.09 Å². The molecule has 6 nitrogen and oxygen atoms in total. The van der Waals surface area contributed by atoms with Crippen LogP contribution in [0.25, 0.3) is 0 Å². The van der Waals surface area contributed by atoms with Crippen molar-refractivity contribution in [1.82, 2.24) is 5.43 Å². The zero-order chi connectivity index (χ0) is 17.1. The standard InChI is InChI=1S/C16H11F2N3O3/c17-11-2-1-3-12(18)14(11)15(22)19-10-6-4-9(5-7-10)13-8-24-16(23)21-20-13/h1-7H,8H2,(H,19,22)(H,21,23). The van der Waals surface area contributed by atoms with Crippen molar-refractivity contribution in [3.8, 4) is 0 Å². The SMILES string of the molecule is O=C1NN=C(c2ccc(NC(=O)c3c(F)cccc3F)cc2)CO1. The molecule has 24 heavy (non-hydrogen) atoms. The average Bonchev–Trinajstić information content (AvgIpc) is 2.56. The lowest BCUT2D eigenvalue weighted by Gasteiger charge is -2.13. The van der Waals surface area contributed by atoms with E-state index in [4.69, 9.17) is 4.74 Å². The van der Waals surface area contributed by atoms with Crippen LogP contribution in [0.2, 0.25) is 0 Å².